The number of primary amides is 1. The highest BCUT2D eigenvalue weighted by molar-refractivity contribution is 7.98. The maximum atomic E-state index is 13.4. The smallest absolute Gasteiger partial charge is 0.409 e. The number of fused-ring (bicyclic) bond motifs is 1. The van der Waals surface area contributed by atoms with Crippen molar-refractivity contribution >= 4 is 28.9 Å². The molecule has 2 aromatic carbocycles. The second-order valence-electron chi connectivity index (χ2n) is 6.26. The van der Waals surface area contributed by atoms with E-state index in [0.29, 0.717) is 21.9 Å². The van der Waals surface area contributed by atoms with E-state index in [1.54, 1.807) is 18.3 Å². The number of halogens is 1. The molecule has 2 N–H and O–H groups in total. The molecule has 0 bridgehead atoms. The third-order valence-corrected chi connectivity index (χ3v) is 4.77. The molecule has 0 saturated carbocycles. The minimum absolute atomic E-state index is 0.0131. The van der Waals surface area contributed by atoms with Gasteiger partial charge in [-0.25, -0.2) is 19.2 Å². The van der Waals surface area contributed by atoms with E-state index in [2.05, 4.69) is 9.97 Å². The Labute approximate surface area is 179 Å². The first kappa shape index (κ1) is 20.4. The molecule has 4 aromatic rings. The number of benzene rings is 2. The number of rotatable bonds is 5. The summed E-state index contributed by atoms with van der Waals surface area (Å²) in [5, 5.41) is 1.01. The molecule has 10 heteroatoms. The van der Waals surface area contributed by atoms with Crippen LogP contribution in [-0.4, -0.2) is 26.9 Å². The minimum atomic E-state index is -0.977. The van der Waals surface area contributed by atoms with Crippen molar-refractivity contribution in [2.45, 2.75) is 5.16 Å². The molecule has 8 nitrogen and oxygen atoms in total. The van der Waals surface area contributed by atoms with E-state index in [0.717, 1.165) is 0 Å². The minimum Gasteiger partial charge on any atom is -0.452 e. The molecular formula is C21H15FN4O4S. The zero-order valence-corrected chi connectivity index (χ0v) is 16.9. The Hall–Kier alpha value is -3.92. The van der Waals surface area contributed by atoms with Gasteiger partial charge in [0.15, 0.2) is 16.6 Å². The molecule has 1 amide bonds. The van der Waals surface area contributed by atoms with Crippen molar-refractivity contribution in [3.63, 3.8) is 0 Å². The van der Waals surface area contributed by atoms with E-state index in [-0.39, 0.29) is 17.2 Å². The van der Waals surface area contributed by atoms with Gasteiger partial charge in [-0.1, -0.05) is 17.8 Å². The Bertz CT molecular complexity index is 1340. The topological polar surface area (TPSA) is 109 Å². The quantitative estimate of drug-likeness (QED) is 0.372. The Morgan fingerprint density at radius 1 is 1.13 bits per heavy atom. The van der Waals surface area contributed by atoms with E-state index < -0.39 is 17.5 Å². The van der Waals surface area contributed by atoms with Crippen LogP contribution in [0.4, 0.5) is 9.18 Å². The fourth-order valence-electron chi connectivity index (χ4n) is 2.90. The van der Waals surface area contributed by atoms with Crippen LogP contribution < -0.4 is 20.8 Å². The number of carbonyl (C=O) groups is 1. The fraction of sp³-hybridized carbons (Fsp3) is 0.0476. The SMILES string of the molecule is CSc1ncc2cc(Oc3ccc(F)cc3)c(=O)n(-c3cccc(OC(N)=O)c3)c2n1. The first-order valence-corrected chi connectivity index (χ1v) is 10.1. The molecule has 0 aliphatic heterocycles. The molecule has 0 radical (unpaired) electrons. The third kappa shape index (κ3) is 4.33. The molecule has 0 atom stereocenters. The predicted octanol–water partition coefficient (Wildman–Crippen LogP) is 3.89. The van der Waals surface area contributed by atoms with Crippen molar-refractivity contribution in [2.24, 2.45) is 5.73 Å². The van der Waals surface area contributed by atoms with Gasteiger partial charge in [-0.15, -0.1) is 0 Å². The normalized spacial score (nSPS) is 10.8. The van der Waals surface area contributed by atoms with Crippen molar-refractivity contribution in [1.29, 1.82) is 0 Å². The number of ether oxygens (including phenoxy) is 2. The Morgan fingerprint density at radius 2 is 1.90 bits per heavy atom. The van der Waals surface area contributed by atoms with Gasteiger partial charge in [0.2, 0.25) is 0 Å². The number of amides is 1. The van der Waals surface area contributed by atoms with Crippen LogP contribution in [0.1, 0.15) is 0 Å². The summed E-state index contributed by atoms with van der Waals surface area (Å²) < 4.78 is 25.2. The van der Waals surface area contributed by atoms with Crippen molar-refractivity contribution in [3.8, 4) is 22.9 Å². The molecule has 2 heterocycles. The molecule has 4 rings (SSSR count). The number of hydrogen-bond acceptors (Lipinski definition) is 7. The summed E-state index contributed by atoms with van der Waals surface area (Å²) in [6.45, 7) is 0. The van der Waals surface area contributed by atoms with Crippen LogP contribution in [0.2, 0.25) is 0 Å². The highest BCUT2D eigenvalue weighted by Crippen LogP contribution is 2.26. The molecule has 0 fully saturated rings. The second-order valence-corrected chi connectivity index (χ2v) is 7.03. The number of hydrogen-bond donors (Lipinski definition) is 1. The molecule has 0 aliphatic rings. The van der Waals surface area contributed by atoms with Gasteiger partial charge in [0.05, 0.1) is 5.69 Å². The van der Waals surface area contributed by atoms with Gasteiger partial charge in [0.1, 0.15) is 17.3 Å². The Balaban J connectivity index is 1.92. The van der Waals surface area contributed by atoms with Gasteiger partial charge in [-0.3, -0.25) is 9.36 Å². The van der Waals surface area contributed by atoms with Crippen molar-refractivity contribution in [2.75, 3.05) is 6.26 Å². The standard InChI is InChI=1S/C21H15FN4O4S/c1-31-21-24-11-12-9-17(29-15-7-5-13(22)6-8-15)19(27)26(18(12)25-21)14-3-2-4-16(10-14)30-20(23)28/h2-11H,1H3,(H2,23,28). The van der Waals surface area contributed by atoms with Crippen molar-refractivity contribution in [3.05, 3.63) is 77.0 Å². The highest BCUT2D eigenvalue weighted by Gasteiger charge is 2.16. The van der Waals surface area contributed by atoms with Crippen molar-refractivity contribution in [1.82, 2.24) is 14.5 Å². The Morgan fingerprint density at radius 3 is 2.61 bits per heavy atom. The second kappa shape index (κ2) is 8.44. The summed E-state index contributed by atoms with van der Waals surface area (Å²) in [6, 6.07) is 13.1. The van der Waals surface area contributed by atoms with E-state index >= 15 is 0 Å². The molecular weight excluding hydrogens is 423 g/mol. The monoisotopic (exact) mass is 438 g/mol. The fourth-order valence-corrected chi connectivity index (χ4v) is 3.24. The lowest BCUT2D eigenvalue weighted by Gasteiger charge is -2.14. The number of thioether (sulfide) groups is 1. The molecule has 0 aliphatic carbocycles. The lowest BCUT2D eigenvalue weighted by molar-refractivity contribution is 0.211. The highest BCUT2D eigenvalue weighted by atomic mass is 32.2. The number of aromatic nitrogens is 3. The number of nitrogens with zero attached hydrogens (tertiary/aromatic N) is 3. The summed E-state index contributed by atoms with van der Waals surface area (Å²) in [6.07, 6.45) is 2.41. The molecule has 0 unspecified atom stereocenters. The molecule has 156 valence electrons. The van der Waals surface area contributed by atoms with Crippen LogP contribution in [0.3, 0.4) is 0 Å². The van der Waals surface area contributed by atoms with Gasteiger partial charge in [0.25, 0.3) is 5.56 Å². The van der Waals surface area contributed by atoms with Gasteiger partial charge >= 0.3 is 6.09 Å². The van der Waals surface area contributed by atoms with Gasteiger partial charge in [0, 0.05) is 17.6 Å². The number of nitrogens with two attached hydrogens (primary N) is 1. The lowest BCUT2D eigenvalue weighted by Crippen LogP contribution is -2.21. The first-order chi connectivity index (χ1) is 14.9. The third-order valence-electron chi connectivity index (χ3n) is 4.20. The number of carbonyl (C=O) groups excluding carboxylic acids is 1. The molecule has 0 spiro atoms. The van der Waals surface area contributed by atoms with Crippen LogP contribution >= 0.6 is 11.8 Å². The van der Waals surface area contributed by atoms with E-state index in [9.17, 15) is 14.0 Å². The zero-order chi connectivity index (χ0) is 22.0. The van der Waals surface area contributed by atoms with Crippen LogP contribution in [0.15, 0.2) is 70.7 Å². The van der Waals surface area contributed by atoms with Crippen LogP contribution in [0.5, 0.6) is 17.2 Å². The van der Waals surface area contributed by atoms with Crippen LogP contribution in [-0.2, 0) is 0 Å². The maximum absolute atomic E-state index is 13.4. The number of pyridine rings is 1. The zero-order valence-electron chi connectivity index (χ0n) is 16.1. The van der Waals surface area contributed by atoms with Gasteiger partial charge in [-0.2, -0.15) is 0 Å². The maximum Gasteiger partial charge on any atom is 0.409 e. The van der Waals surface area contributed by atoms with Crippen LogP contribution in [0, 0.1) is 5.82 Å². The molecule has 0 saturated heterocycles. The average molecular weight is 438 g/mol. The van der Waals surface area contributed by atoms with E-state index in [1.165, 1.54) is 58.8 Å². The summed E-state index contributed by atoms with van der Waals surface area (Å²) in [7, 11) is 0. The first-order valence-electron chi connectivity index (χ1n) is 8.92. The lowest BCUT2D eigenvalue weighted by atomic mass is 10.2. The summed E-state index contributed by atoms with van der Waals surface area (Å²) >= 11 is 1.32. The summed E-state index contributed by atoms with van der Waals surface area (Å²) in [5.41, 5.74) is 5.30. The molecule has 31 heavy (non-hydrogen) atoms. The van der Waals surface area contributed by atoms with Crippen molar-refractivity contribution < 1.29 is 18.7 Å². The van der Waals surface area contributed by atoms with E-state index in [4.69, 9.17) is 15.2 Å². The van der Waals surface area contributed by atoms with Crippen LogP contribution in [0.25, 0.3) is 16.7 Å². The molecule has 2 aromatic heterocycles. The Kier molecular flexibility index (Phi) is 5.54. The predicted molar refractivity (Wildman–Crippen MR) is 114 cm³/mol. The average Bonchev–Trinajstić information content (AvgIpc) is 2.75. The van der Waals surface area contributed by atoms with Gasteiger partial charge < -0.3 is 15.2 Å². The largest absolute Gasteiger partial charge is 0.452 e. The van der Waals surface area contributed by atoms with E-state index in [1.807, 2.05) is 6.26 Å². The summed E-state index contributed by atoms with van der Waals surface area (Å²) in [4.78, 5) is 33.2. The van der Waals surface area contributed by atoms with Gasteiger partial charge in [-0.05, 0) is 48.7 Å². The summed E-state index contributed by atoms with van der Waals surface area (Å²) in [5.74, 6) is 0.0132.